The number of hydrogen-bond acceptors (Lipinski definition) is 3. The monoisotopic (exact) mass is 294 g/mol. The average molecular weight is 294 g/mol. The molecule has 2 fully saturated rings. The summed E-state index contributed by atoms with van der Waals surface area (Å²) >= 11 is 0. The van der Waals surface area contributed by atoms with Gasteiger partial charge in [-0.1, -0.05) is 13.3 Å². The standard InChI is InChI=1S/C18H34N2O/c1-7-8-11-19-16-12-17(3,4)20(18(5,6)13-16)21-14(2)15-9-10-15/h16,19H,7-13H2,1-6H3. The van der Waals surface area contributed by atoms with Gasteiger partial charge in [-0.25, -0.2) is 0 Å². The van der Waals surface area contributed by atoms with Crippen molar-refractivity contribution in [1.82, 2.24) is 10.4 Å². The van der Waals surface area contributed by atoms with Crippen molar-refractivity contribution in [3.8, 4) is 0 Å². The topological polar surface area (TPSA) is 24.5 Å². The van der Waals surface area contributed by atoms with Crippen molar-refractivity contribution in [2.24, 2.45) is 0 Å². The molecule has 0 radical (unpaired) electrons. The van der Waals surface area contributed by atoms with Crippen molar-refractivity contribution in [1.29, 1.82) is 0 Å². The van der Waals surface area contributed by atoms with Gasteiger partial charge >= 0.3 is 0 Å². The third kappa shape index (κ3) is 4.23. The maximum Gasteiger partial charge on any atom is 0.120 e. The van der Waals surface area contributed by atoms with Crippen molar-refractivity contribution >= 4 is 0 Å². The van der Waals surface area contributed by atoms with Crippen molar-refractivity contribution in [2.45, 2.75) is 97.2 Å². The van der Waals surface area contributed by atoms with Crippen LogP contribution in [0.3, 0.4) is 0 Å². The summed E-state index contributed by atoms with van der Waals surface area (Å²) < 4.78 is 0. The van der Waals surface area contributed by atoms with E-state index in [0.717, 1.165) is 25.1 Å². The molecule has 1 N–H and O–H groups in total. The highest BCUT2D eigenvalue weighted by Gasteiger charge is 2.47. The summed E-state index contributed by atoms with van der Waals surface area (Å²) in [5.41, 5.74) is 1.61. The second-order valence-corrected chi connectivity index (χ2v) is 8.08. The van der Waals surface area contributed by atoms with Crippen LogP contribution in [-0.4, -0.2) is 28.7 Å². The summed E-state index contributed by atoms with van der Waals surface area (Å²) in [7, 11) is 0. The van der Waals surface area contributed by atoms with Crippen LogP contribution in [0.25, 0.3) is 0 Å². The number of unbranched alkanes of at least 4 members (excludes halogenated alkanes) is 1. The van der Waals surface area contributed by atoms with Crippen LogP contribution in [0.1, 0.15) is 80.1 Å². The van der Waals surface area contributed by atoms with Crippen LogP contribution in [0.2, 0.25) is 0 Å². The molecule has 2 aliphatic rings. The Morgan fingerprint density at radius 2 is 1.76 bits per heavy atom. The highest BCUT2D eigenvalue weighted by molar-refractivity contribution is 5.19. The minimum atomic E-state index is 0.0579. The van der Waals surface area contributed by atoms with Crippen LogP contribution in [-0.2, 0) is 4.84 Å². The second-order valence-electron chi connectivity index (χ2n) is 8.08. The molecule has 0 aromatic heterocycles. The van der Waals surface area contributed by atoms with E-state index in [4.69, 9.17) is 4.84 Å². The lowest BCUT2D eigenvalue weighted by molar-refractivity contribution is -0.259. The Balaban J connectivity index is 2.03. The van der Waals surface area contributed by atoms with E-state index in [2.05, 4.69) is 51.9 Å². The van der Waals surface area contributed by atoms with E-state index in [9.17, 15) is 0 Å². The second kappa shape index (κ2) is 6.29. The molecule has 0 aromatic rings. The summed E-state index contributed by atoms with van der Waals surface area (Å²) in [5.74, 6) is 1.13. The van der Waals surface area contributed by atoms with Gasteiger partial charge in [-0.3, -0.25) is 0 Å². The van der Waals surface area contributed by atoms with Gasteiger partial charge in [0.25, 0.3) is 0 Å². The largest absolute Gasteiger partial charge is 0.410 e. The highest BCUT2D eigenvalue weighted by atomic mass is 16.7. The van der Waals surface area contributed by atoms with E-state index in [1.807, 2.05) is 0 Å². The van der Waals surface area contributed by atoms with Gasteiger partial charge in [-0.2, -0.15) is 0 Å². The maximum atomic E-state index is 6.30. The molecule has 0 unspecified atom stereocenters. The minimum Gasteiger partial charge on any atom is -0.410 e. The molecule has 0 atom stereocenters. The lowest BCUT2D eigenvalue weighted by Gasteiger charge is -2.53. The zero-order valence-electron chi connectivity index (χ0n) is 14.9. The first kappa shape index (κ1) is 16.8. The molecular weight excluding hydrogens is 260 g/mol. The third-order valence-corrected chi connectivity index (χ3v) is 4.78. The van der Waals surface area contributed by atoms with Crippen LogP contribution in [0.4, 0.5) is 0 Å². The van der Waals surface area contributed by atoms with Crippen LogP contribution < -0.4 is 5.32 Å². The average Bonchev–Trinajstić information content (AvgIpc) is 3.17. The Kier molecular flexibility index (Phi) is 5.04. The smallest absolute Gasteiger partial charge is 0.120 e. The van der Waals surface area contributed by atoms with E-state index in [1.54, 1.807) is 0 Å². The number of hydrogen-bond donors (Lipinski definition) is 1. The Hall–Kier alpha value is -0.540. The van der Waals surface area contributed by atoms with Crippen LogP contribution in [0.15, 0.2) is 11.3 Å². The molecule has 2 rings (SSSR count). The molecule has 21 heavy (non-hydrogen) atoms. The zero-order chi connectivity index (χ0) is 15.7. The molecule has 1 saturated heterocycles. The van der Waals surface area contributed by atoms with Crippen molar-refractivity contribution < 1.29 is 4.84 Å². The molecule has 1 aliphatic carbocycles. The molecule has 0 spiro atoms. The molecule has 0 bridgehead atoms. The van der Waals surface area contributed by atoms with Gasteiger partial charge < -0.3 is 10.2 Å². The molecule has 3 nitrogen and oxygen atoms in total. The predicted molar refractivity (Wildman–Crippen MR) is 88.9 cm³/mol. The number of allylic oxidation sites excluding steroid dienone is 2. The number of piperidine rings is 1. The summed E-state index contributed by atoms with van der Waals surface area (Å²) in [4.78, 5) is 6.30. The van der Waals surface area contributed by atoms with Gasteiger partial charge in [-0.15, -0.1) is 5.06 Å². The van der Waals surface area contributed by atoms with E-state index in [0.29, 0.717) is 6.04 Å². The summed E-state index contributed by atoms with van der Waals surface area (Å²) in [6.45, 7) is 14.8. The van der Waals surface area contributed by atoms with Gasteiger partial charge in [0.2, 0.25) is 0 Å². The van der Waals surface area contributed by atoms with Gasteiger partial charge in [-0.05, 0) is 78.8 Å². The lowest BCUT2D eigenvalue weighted by Crippen LogP contribution is -2.63. The van der Waals surface area contributed by atoms with Crippen molar-refractivity contribution in [3.05, 3.63) is 11.3 Å². The fraction of sp³-hybridized carbons (Fsp3) is 0.889. The third-order valence-electron chi connectivity index (χ3n) is 4.78. The molecule has 0 aromatic carbocycles. The van der Waals surface area contributed by atoms with Crippen molar-refractivity contribution in [3.63, 3.8) is 0 Å². The Labute approximate surface area is 131 Å². The summed E-state index contributed by atoms with van der Waals surface area (Å²) in [5, 5.41) is 6.01. The zero-order valence-corrected chi connectivity index (χ0v) is 14.9. The fourth-order valence-electron chi connectivity index (χ4n) is 3.75. The van der Waals surface area contributed by atoms with E-state index in [1.165, 1.54) is 31.3 Å². The van der Waals surface area contributed by atoms with E-state index < -0.39 is 0 Å². The minimum absolute atomic E-state index is 0.0579. The SMILES string of the molecule is CCCCNC1CC(C)(C)N(OC(C)=C2CC2)C(C)(C)C1. The number of rotatable bonds is 6. The first-order valence-electron chi connectivity index (χ1n) is 8.66. The van der Waals surface area contributed by atoms with Gasteiger partial charge in [0.1, 0.15) is 5.76 Å². The van der Waals surface area contributed by atoms with Gasteiger partial charge in [0.15, 0.2) is 0 Å². The number of nitrogens with zero attached hydrogens (tertiary/aromatic N) is 1. The Bertz CT molecular complexity index is 374. The molecule has 0 amide bonds. The van der Waals surface area contributed by atoms with Crippen LogP contribution in [0, 0.1) is 0 Å². The molecule has 3 heteroatoms. The fourth-order valence-corrected chi connectivity index (χ4v) is 3.75. The van der Waals surface area contributed by atoms with Crippen LogP contribution >= 0.6 is 0 Å². The first-order valence-corrected chi connectivity index (χ1v) is 8.66. The molecule has 122 valence electrons. The van der Waals surface area contributed by atoms with E-state index in [-0.39, 0.29) is 11.1 Å². The maximum absolute atomic E-state index is 6.30. The van der Waals surface area contributed by atoms with E-state index >= 15 is 0 Å². The quantitative estimate of drug-likeness (QED) is 0.580. The molecule has 1 aliphatic heterocycles. The highest BCUT2D eigenvalue weighted by Crippen LogP contribution is 2.41. The Morgan fingerprint density at radius 3 is 2.24 bits per heavy atom. The molecule has 1 heterocycles. The predicted octanol–water partition coefficient (Wildman–Crippen LogP) is 4.40. The van der Waals surface area contributed by atoms with Crippen molar-refractivity contribution in [2.75, 3.05) is 6.54 Å². The normalized spacial score (nSPS) is 25.0. The number of hydroxylamine groups is 2. The Morgan fingerprint density at radius 1 is 1.19 bits per heavy atom. The molecule has 1 saturated carbocycles. The molecular formula is C18H34N2O. The number of nitrogens with one attached hydrogen (secondary N) is 1. The van der Waals surface area contributed by atoms with Crippen LogP contribution in [0.5, 0.6) is 0 Å². The summed E-state index contributed by atoms with van der Waals surface area (Å²) in [6.07, 6.45) is 7.26. The first-order chi connectivity index (χ1) is 9.76. The summed E-state index contributed by atoms with van der Waals surface area (Å²) in [6, 6.07) is 0.593. The van der Waals surface area contributed by atoms with Gasteiger partial charge in [0, 0.05) is 6.04 Å². The lowest BCUT2D eigenvalue weighted by atomic mass is 9.79. The van der Waals surface area contributed by atoms with Gasteiger partial charge in [0.05, 0.1) is 11.1 Å².